The first-order chi connectivity index (χ1) is 7.59. The number of aliphatic hydroxyl groups is 1. The molecule has 2 aromatic rings. The molecule has 1 fully saturated rings. The lowest BCUT2D eigenvalue weighted by Gasteiger charge is -2.11. The van der Waals surface area contributed by atoms with E-state index in [2.05, 4.69) is 37.4 Å². The summed E-state index contributed by atoms with van der Waals surface area (Å²) in [5.41, 5.74) is 1.44. The van der Waals surface area contributed by atoms with Crippen molar-refractivity contribution in [1.29, 1.82) is 0 Å². The normalized spacial score (nSPS) is 24.6. The predicted molar refractivity (Wildman–Crippen MR) is 68.7 cm³/mol. The summed E-state index contributed by atoms with van der Waals surface area (Å²) >= 11 is 1.73. The number of fused-ring (bicyclic) bond motifs is 1. The summed E-state index contributed by atoms with van der Waals surface area (Å²) in [7, 11) is 0. The second-order valence-corrected chi connectivity index (χ2v) is 6.34. The van der Waals surface area contributed by atoms with Gasteiger partial charge in [-0.2, -0.15) is 0 Å². The van der Waals surface area contributed by atoms with Gasteiger partial charge in [-0.1, -0.05) is 32.0 Å². The lowest BCUT2D eigenvalue weighted by atomic mass is 9.99. The summed E-state index contributed by atoms with van der Waals surface area (Å²) in [6, 6.07) is 8.33. The van der Waals surface area contributed by atoms with Crippen LogP contribution in [0.1, 0.15) is 31.9 Å². The Labute approximate surface area is 99.7 Å². The van der Waals surface area contributed by atoms with Crippen molar-refractivity contribution in [3.63, 3.8) is 0 Å². The maximum atomic E-state index is 10.4. The molecule has 0 aliphatic heterocycles. The first-order valence-corrected chi connectivity index (χ1v) is 6.62. The monoisotopic (exact) mass is 232 g/mol. The first kappa shape index (κ1) is 10.3. The molecular weight excluding hydrogens is 216 g/mol. The molecule has 0 bridgehead atoms. The Hall–Kier alpha value is -0.860. The molecule has 1 aliphatic carbocycles. The van der Waals surface area contributed by atoms with E-state index in [1.807, 2.05) is 6.07 Å². The van der Waals surface area contributed by atoms with Crippen molar-refractivity contribution in [2.75, 3.05) is 0 Å². The molecule has 84 valence electrons. The Morgan fingerprint density at radius 1 is 1.38 bits per heavy atom. The molecular formula is C14H16OS. The molecule has 1 saturated carbocycles. The van der Waals surface area contributed by atoms with Crippen molar-refractivity contribution in [1.82, 2.24) is 0 Å². The van der Waals surface area contributed by atoms with Gasteiger partial charge < -0.3 is 5.11 Å². The third kappa shape index (κ3) is 1.48. The topological polar surface area (TPSA) is 20.2 Å². The average molecular weight is 232 g/mol. The summed E-state index contributed by atoms with van der Waals surface area (Å²) in [6.45, 7) is 4.46. The van der Waals surface area contributed by atoms with E-state index >= 15 is 0 Å². The molecule has 3 rings (SSSR count). The first-order valence-electron chi connectivity index (χ1n) is 5.74. The quantitative estimate of drug-likeness (QED) is 0.830. The van der Waals surface area contributed by atoms with Crippen LogP contribution in [0.15, 0.2) is 29.6 Å². The van der Waals surface area contributed by atoms with Crippen LogP contribution in [0, 0.1) is 11.3 Å². The van der Waals surface area contributed by atoms with Gasteiger partial charge in [0.1, 0.15) is 0 Å². The van der Waals surface area contributed by atoms with E-state index in [4.69, 9.17) is 0 Å². The highest BCUT2D eigenvalue weighted by molar-refractivity contribution is 7.17. The van der Waals surface area contributed by atoms with Gasteiger partial charge in [-0.25, -0.2) is 0 Å². The highest BCUT2D eigenvalue weighted by Crippen LogP contribution is 2.58. The largest absolute Gasteiger partial charge is 0.388 e. The highest BCUT2D eigenvalue weighted by Gasteiger charge is 2.50. The Morgan fingerprint density at radius 2 is 2.06 bits per heavy atom. The zero-order chi connectivity index (χ0) is 11.3. The zero-order valence-corrected chi connectivity index (χ0v) is 10.4. The van der Waals surface area contributed by atoms with Crippen molar-refractivity contribution in [3.05, 3.63) is 35.2 Å². The van der Waals surface area contributed by atoms with E-state index < -0.39 is 0 Å². The van der Waals surface area contributed by atoms with Gasteiger partial charge in [0.25, 0.3) is 0 Å². The van der Waals surface area contributed by atoms with E-state index in [9.17, 15) is 5.11 Å². The fourth-order valence-electron chi connectivity index (χ4n) is 2.49. The van der Waals surface area contributed by atoms with Crippen LogP contribution in [-0.2, 0) is 0 Å². The van der Waals surface area contributed by atoms with Crippen molar-refractivity contribution >= 4 is 21.4 Å². The zero-order valence-electron chi connectivity index (χ0n) is 9.60. The van der Waals surface area contributed by atoms with Crippen molar-refractivity contribution in [2.45, 2.75) is 26.4 Å². The van der Waals surface area contributed by atoms with Crippen molar-refractivity contribution in [3.8, 4) is 0 Å². The third-order valence-corrected chi connectivity index (χ3v) is 4.78. The molecule has 0 amide bonds. The maximum absolute atomic E-state index is 10.4. The molecule has 1 N–H and O–H groups in total. The van der Waals surface area contributed by atoms with Crippen LogP contribution in [0.25, 0.3) is 10.1 Å². The van der Waals surface area contributed by atoms with Gasteiger partial charge in [-0.3, -0.25) is 0 Å². The number of aliphatic hydroxyl groups excluding tert-OH is 1. The minimum atomic E-state index is -0.286. The Bertz CT molecular complexity index is 526. The van der Waals surface area contributed by atoms with Crippen LogP contribution in [0.3, 0.4) is 0 Å². The van der Waals surface area contributed by atoms with E-state index in [1.165, 1.54) is 10.1 Å². The number of benzene rings is 1. The van der Waals surface area contributed by atoms with Crippen LogP contribution < -0.4 is 0 Å². The lowest BCUT2D eigenvalue weighted by Crippen LogP contribution is -2.03. The predicted octanol–water partition coefficient (Wildman–Crippen LogP) is 3.98. The molecule has 1 aliphatic rings. The van der Waals surface area contributed by atoms with Gasteiger partial charge in [0.15, 0.2) is 0 Å². The second kappa shape index (κ2) is 3.31. The fourth-order valence-corrected chi connectivity index (χ4v) is 3.48. The average Bonchev–Trinajstić information content (AvgIpc) is 2.74. The minimum absolute atomic E-state index is 0.286. The summed E-state index contributed by atoms with van der Waals surface area (Å²) < 4.78 is 1.27. The maximum Gasteiger partial charge on any atom is 0.0837 e. The summed E-state index contributed by atoms with van der Waals surface area (Å²) in [5, 5.41) is 13.7. The summed E-state index contributed by atoms with van der Waals surface area (Å²) in [5.74, 6) is 0.436. The Kier molecular flexibility index (Phi) is 2.13. The van der Waals surface area contributed by atoms with E-state index in [0.717, 1.165) is 12.0 Å². The molecule has 1 aromatic heterocycles. The Balaban J connectivity index is 2.00. The molecule has 0 saturated heterocycles. The van der Waals surface area contributed by atoms with Crippen LogP contribution in [0.4, 0.5) is 0 Å². The molecule has 2 unspecified atom stereocenters. The van der Waals surface area contributed by atoms with Gasteiger partial charge in [-0.05, 0) is 40.1 Å². The summed E-state index contributed by atoms with van der Waals surface area (Å²) in [6.07, 6.45) is 0.851. The van der Waals surface area contributed by atoms with Gasteiger partial charge in [0.2, 0.25) is 0 Å². The lowest BCUT2D eigenvalue weighted by molar-refractivity contribution is 0.140. The van der Waals surface area contributed by atoms with Crippen molar-refractivity contribution < 1.29 is 5.11 Å². The SMILES string of the molecule is CC1(C)CC1C(O)c1csc2ccccc12. The minimum Gasteiger partial charge on any atom is -0.388 e. The third-order valence-electron chi connectivity index (χ3n) is 3.80. The molecule has 16 heavy (non-hydrogen) atoms. The van der Waals surface area contributed by atoms with E-state index in [-0.39, 0.29) is 6.10 Å². The molecule has 0 radical (unpaired) electrons. The highest BCUT2D eigenvalue weighted by atomic mass is 32.1. The van der Waals surface area contributed by atoms with Crippen LogP contribution >= 0.6 is 11.3 Å². The second-order valence-electron chi connectivity index (χ2n) is 5.43. The number of rotatable bonds is 2. The van der Waals surface area contributed by atoms with Crippen LogP contribution in [0.5, 0.6) is 0 Å². The molecule has 1 heterocycles. The smallest absolute Gasteiger partial charge is 0.0837 e. The van der Waals surface area contributed by atoms with E-state index in [0.29, 0.717) is 11.3 Å². The van der Waals surface area contributed by atoms with Crippen LogP contribution in [0.2, 0.25) is 0 Å². The molecule has 1 nitrogen and oxygen atoms in total. The fraction of sp³-hybridized carbons (Fsp3) is 0.429. The molecule has 2 heteroatoms. The number of thiophene rings is 1. The van der Waals surface area contributed by atoms with Crippen LogP contribution in [-0.4, -0.2) is 5.11 Å². The number of hydrogen-bond acceptors (Lipinski definition) is 2. The Morgan fingerprint density at radius 3 is 2.75 bits per heavy atom. The van der Waals surface area contributed by atoms with Crippen molar-refractivity contribution in [2.24, 2.45) is 11.3 Å². The summed E-state index contributed by atoms with van der Waals surface area (Å²) in [4.78, 5) is 0. The molecule has 2 atom stereocenters. The molecule has 1 aromatic carbocycles. The van der Waals surface area contributed by atoms with Gasteiger partial charge in [0.05, 0.1) is 6.10 Å². The van der Waals surface area contributed by atoms with Gasteiger partial charge in [0, 0.05) is 4.70 Å². The van der Waals surface area contributed by atoms with Gasteiger partial charge >= 0.3 is 0 Å². The number of hydrogen-bond donors (Lipinski definition) is 1. The standard InChI is InChI=1S/C14H16OS/c1-14(2)7-11(14)13(15)10-8-16-12-6-4-3-5-9(10)12/h3-6,8,11,13,15H,7H2,1-2H3. The molecule has 0 spiro atoms. The van der Waals surface area contributed by atoms with Gasteiger partial charge in [-0.15, -0.1) is 11.3 Å². The van der Waals surface area contributed by atoms with E-state index in [1.54, 1.807) is 11.3 Å².